The maximum Gasteiger partial charge on any atom is 2.00 e. The molecule has 12 nitrogen and oxygen atoms in total. The molecule has 0 aliphatic rings. The Hall–Kier alpha value is 0.910. The quantitative estimate of drug-likeness (QED) is 0.232. The van der Waals surface area contributed by atoms with Crippen LogP contribution in [0, 0.1) is 0 Å². The summed E-state index contributed by atoms with van der Waals surface area (Å²) in [5.41, 5.74) is 0. The first-order chi connectivity index (χ1) is 3.46. The van der Waals surface area contributed by atoms with Crippen molar-refractivity contribution in [3.63, 3.8) is 0 Å². The second-order valence-corrected chi connectivity index (χ2v) is 0.693. The zero-order valence-corrected chi connectivity index (χ0v) is 9.75. The summed E-state index contributed by atoms with van der Waals surface area (Å²) in [4.78, 5) is 0. The van der Waals surface area contributed by atoms with Crippen molar-refractivity contribution < 1.29 is 65.9 Å². The van der Waals surface area contributed by atoms with Gasteiger partial charge in [-0.3, -0.25) is 0 Å². The Morgan fingerprint density at radius 1 is 0.467 bits per heavy atom. The van der Waals surface area contributed by atoms with E-state index in [2.05, 4.69) is 0 Å². The summed E-state index contributed by atoms with van der Waals surface area (Å²) in [5.74, 6) is 0. The molecule has 15 heteroatoms. The van der Waals surface area contributed by atoms with Crippen LogP contribution in [-0.4, -0.2) is 115 Å². The molecule has 0 aliphatic heterocycles. The molecule has 0 fully saturated rings. The van der Waals surface area contributed by atoms with E-state index in [1.54, 1.807) is 0 Å². The molecule has 100 valence electrons. The van der Waals surface area contributed by atoms with E-state index in [0.717, 1.165) is 0 Å². The minimum absolute atomic E-state index is 0. The van der Waals surface area contributed by atoms with E-state index in [0.29, 0.717) is 0 Å². The van der Waals surface area contributed by atoms with Gasteiger partial charge in [-0.05, 0) is 0 Å². The summed E-state index contributed by atoms with van der Waals surface area (Å²) in [6, 6.07) is 0. The second kappa shape index (κ2) is 60.4. The largest absolute Gasteiger partial charge is 2.00 e. The molecule has 0 rings (SSSR count). The van der Waals surface area contributed by atoms with Crippen LogP contribution in [0.3, 0.4) is 0 Å². The fraction of sp³-hybridized carbons (Fsp3) is 0. The second-order valence-electron chi connectivity index (χ2n) is 0.693. The minimum Gasteiger partial charge on any atom is -1.00 e. The molecule has 0 aromatic carbocycles. The first-order valence-electron chi connectivity index (χ1n) is 1.55. The van der Waals surface area contributed by atoms with Crippen molar-refractivity contribution in [3.8, 4) is 0 Å². The molecule has 0 saturated heterocycles. The van der Waals surface area contributed by atoms with Gasteiger partial charge in [0.2, 0.25) is 0 Å². The molecule has 0 aromatic heterocycles. The van der Waals surface area contributed by atoms with E-state index in [-0.39, 0.29) is 73.4 Å². The fourth-order valence-corrected chi connectivity index (χ4v) is 0. The van der Waals surface area contributed by atoms with Crippen LogP contribution in [0.2, 0.25) is 0 Å². The Morgan fingerprint density at radius 3 is 0.467 bits per heavy atom. The molecule has 0 unspecified atom stereocenters. The van der Waals surface area contributed by atoms with Crippen LogP contribution in [0.25, 0.3) is 0 Å². The van der Waals surface area contributed by atoms with Crippen molar-refractivity contribution in [2.45, 2.75) is 0 Å². The SMILES string of the molecule is O.O.O.O.O.O.OB(O)O.OB(O)O.[Ca+2].[H-].[H-]. The summed E-state index contributed by atoms with van der Waals surface area (Å²) in [6.45, 7) is 0. The van der Waals surface area contributed by atoms with Crippen LogP contribution in [0.1, 0.15) is 2.85 Å². The number of hydrogen-bond acceptors (Lipinski definition) is 6. The van der Waals surface area contributed by atoms with Crippen molar-refractivity contribution in [2.75, 3.05) is 0 Å². The molecule has 0 amide bonds. The van der Waals surface area contributed by atoms with Gasteiger partial charge in [-0.1, -0.05) is 0 Å². The molecule has 0 aliphatic carbocycles. The molecule has 0 atom stereocenters. The zero-order chi connectivity index (χ0) is 7.15. The molecule has 0 bridgehead atoms. The van der Waals surface area contributed by atoms with Crippen molar-refractivity contribution in [2.24, 2.45) is 0 Å². The topological polar surface area (TPSA) is 310 Å². The first-order valence-corrected chi connectivity index (χ1v) is 1.55. The normalized spacial score (nSPS) is 3.60. The summed E-state index contributed by atoms with van der Waals surface area (Å²) in [7, 11) is -4.33. The van der Waals surface area contributed by atoms with Crippen molar-refractivity contribution in [3.05, 3.63) is 0 Å². The third-order valence-corrected chi connectivity index (χ3v) is 0. The minimum atomic E-state index is -2.17. The van der Waals surface area contributed by atoms with Crippen LogP contribution < -0.4 is 0 Å². The first kappa shape index (κ1) is 74.1. The van der Waals surface area contributed by atoms with E-state index < -0.39 is 14.6 Å². The van der Waals surface area contributed by atoms with Crippen LogP contribution >= 0.6 is 0 Å². The Morgan fingerprint density at radius 2 is 0.467 bits per heavy atom. The summed E-state index contributed by atoms with van der Waals surface area (Å²) >= 11 is 0. The Balaban J connectivity index is -0.00000000308. The molecular weight excluding hydrogens is 254 g/mol. The predicted octanol–water partition coefficient (Wildman–Crippen LogP) is -9.21. The third-order valence-electron chi connectivity index (χ3n) is 0. The van der Waals surface area contributed by atoms with E-state index in [1.165, 1.54) is 0 Å². The van der Waals surface area contributed by atoms with Gasteiger partial charge in [0.25, 0.3) is 0 Å². The average molecular weight is 274 g/mol. The Kier molecular flexibility index (Phi) is 298. The number of rotatable bonds is 0. The smallest absolute Gasteiger partial charge is 1.00 e. The molecule has 15 heavy (non-hydrogen) atoms. The van der Waals surface area contributed by atoms with E-state index in [9.17, 15) is 0 Å². The standard InChI is InChI=1S/2BH3O3.Ca.6H2O.2H/c2*2-1(3)4;;;;;;;;;/h2*2-4H;;6*1H2;;/q;;+2;;;;;;;2*-1. The molecule has 0 heterocycles. The van der Waals surface area contributed by atoms with Crippen LogP contribution in [-0.2, 0) is 0 Å². The van der Waals surface area contributed by atoms with Crippen molar-refractivity contribution in [1.29, 1.82) is 0 Å². The van der Waals surface area contributed by atoms with Crippen LogP contribution in [0.5, 0.6) is 0 Å². The van der Waals surface area contributed by atoms with Gasteiger partial charge in [0.1, 0.15) is 0 Å². The monoisotopic (exact) mass is 274 g/mol. The van der Waals surface area contributed by atoms with Gasteiger partial charge >= 0.3 is 52.4 Å². The molecule has 0 saturated carbocycles. The number of hydrogen-bond donors (Lipinski definition) is 6. The summed E-state index contributed by atoms with van der Waals surface area (Å²) in [5, 5.41) is 43.0. The predicted molar refractivity (Wildman–Crippen MR) is 54.5 cm³/mol. The Bertz CT molecular complexity index is 38.0. The fourth-order valence-electron chi connectivity index (χ4n) is 0. The van der Waals surface area contributed by atoms with Crippen LogP contribution in [0.15, 0.2) is 0 Å². The van der Waals surface area contributed by atoms with Crippen molar-refractivity contribution >= 4 is 52.4 Å². The zero-order valence-electron chi connectivity index (χ0n) is 9.55. The Labute approximate surface area is 118 Å². The van der Waals surface area contributed by atoms with Gasteiger partial charge in [-0.15, -0.1) is 0 Å². The maximum atomic E-state index is 7.17. The molecular formula is H20B2CaO12. The van der Waals surface area contributed by atoms with E-state index in [1.807, 2.05) is 0 Å². The van der Waals surface area contributed by atoms with Crippen LogP contribution in [0.4, 0.5) is 0 Å². The molecule has 0 spiro atoms. The third kappa shape index (κ3) is 3000. The van der Waals surface area contributed by atoms with Gasteiger partial charge in [-0.2, -0.15) is 0 Å². The van der Waals surface area contributed by atoms with Gasteiger partial charge in [0, 0.05) is 0 Å². The van der Waals surface area contributed by atoms with E-state index >= 15 is 0 Å². The average Bonchev–Trinajstić information content (AvgIpc) is 1.25. The van der Waals surface area contributed by atoms with Crippen molar-refractivity contribution in [1.82, 2.24) is 0 Å². The van der Waals surface area contributed by atoms with Gasteiger partial charge in [0.15, 0.2) is 0 Å². The van der Waals surface area contributed by atoms with Gasteiger partial charge in [-0.25, -0.2) is 0 Å². The summed E-state index contributed by atoms with van der Waals surface area (Å²) in [6.07, 6.45) is 0. The molecule has 0 radical (unpaired) electrons. The van der Waals surface area contributed by atoms with E-state index in [4.69, 9.17) is 30.1 Å². The maximum absolute atomic E-state index is 7.17. The summed E-state index contributed by atoms with van der Waals surface area (Å²) < 4.78 is 0. The molecule has 0 aromatic rings. The molecule has 18 N–H and O–H groups in total. The van der Waals surface area contributed by atoms with Gasteiger partial charge in [0.05, 0.1) is 0 Å². The van der Waals surface area contributed by atoms with Gasteiger partial charge < -0.3 is 65.9 Å².